The number of nitrogens with zero attached hydrogens (tertiary/aromatic N) is 2. The summed E-state index contributed by atoms with van der Waals surface area (Å²) in [6, 6.07) is 11.5. The highest BCUT2D eigenvalue weighted by Crippen LogP contribution is 2.23. The van der Waals surface area contributed by atoms with Crippen molar-refractivity contribution in [3.63, 3.8) is 0 Å². The second-order valence-corrected chi connectivity index (χ2v) is 10.3. The molecule has 1 N–H and O–H groups in total. The lowest BCUT2D eigenvalue weighted by molar-refractivity contribution is -0.140. The Morgan fingerprint density at radius 1 is 1.06 bits per heavy atom. The Hall–Kier alpha value is -2.58. The largest absolute Gasteiger partial charge is 0.355 e. The quantitative estimate of drug-likeness (QED) is 0.547. The predicted octanol–water partition coefficient (Wildman–Crippen LogP) is 3.67. The summed E-state index contributed by atoms with van der Waals surface area (Å²) >= 11 is 6.32. The van der Waals surface area contributed by atoms with Gasteiger partial charge in [-0.05, 0) is 62.1 Å². The van der Waals surface area contributed by atoms with Crippen LogP contribution in [0.4, 0.5) is 5.69 Å². The van der Waals surface area contributed by atoms with Crippen LogP contribution >= 0.6 is 11.6 Å². The summed E-state index contributed by atoms with van der Waals surface area (Å²) in [5.74, 6) is -0.783. The third-order valence-electron chi connectivity index (χ3n) is 5.49. The molecule has 2 rings (SSSR count). The topological polar surface area (TPSA) is 86.8 Å². The number of likely N-dealkylation sites (N-methyl/N-ethyl adjacent to an activating group) is 1. The minimum Gasteiger partial charge on any atom is -0.355 e. The number of nitrogens with one attached hydrogen (secondary N) is 1. The SMILES string of the molecule is CCNC(=O)[C@@H](CC)N(Cc1ccccc1Cl)C(=O)CN(c1ccc(C)c(C)c1)S(C)(=O)=O. The first kappa shape index (κ1) is 26.7. The van der Waals surface area contributed by atoms with E-state index in [0.717, 1.165) is 21.7 Å². The van der Waals surface area contributed by atoms with Gasteiger partial charge in [0.15, 0.2) is 0 Å². The van der Waals surface area contributed by atoms with E-state index in [4.69, 9.17) is 11.6 Å². The first-order valence-electron chi connectivity index (χ1n) is 10.8. The number of sulfonamides is 1. The van der Waals surface area contributed by atoms with E-state index in [1.807, 2.05) is 26.8 Å². The van der Waals surface area contributed by atoms with Crippen molar-refractivity contribution in [1.82, 2.24) is 10.2 Å². The van der Waals surface area contributed by atoms with Crippen LogP contribution in [0.25, 0.3) is 0 Å². The molecule has 0 aliphatic carbocycles. The Morgan fingerprint density at radius 3 is 2.27 bits per heavy atom. The smallest absolute Gasteiger partial charge is 0.244 e. The maximum atomic E-state index is 13.5. The van der Waals surface area contributed by atoms with E-state index in [2.05, 4.69) is 5.32 Å². The normalized spacial score (nSPS) is 12.2. The molecule has 0 spiro atoms. The average molecular weight is 494 g/mol. The van der Waals surface area contributed by atoms with Crippen LogP contribution < -0.4 is 9.62 Å². The van der Waals surface area contributed by atoms with Crippen LogP contribution in [0, 0.1) is 13.8 Å². The van der Waals surface area contributed by atoms with E-state index in [-0.39, 0.29) is 12.5 Å². The number of hydrogen-bond acceptors (Lipinski definition) is 4. The van der Waals surface area contributed by atoms with Crippen molar-refractivity contribution in [3.05, 3.63) is 64.2 Å². The summed E-state index contributed by atoms with van der Waals surface area (Å²) in [5.41, 5.74) is 3.00. The third kappa shape index (κ3) is 6.95. The zero-order chi connectivity index (χ0) is 24.8. The Labute approximate surface area is 201 Å². The van der Waals surface area contributed by atoms with Gasteiger partial charge in [-0.25, -0.2) is 8.42 Å². The van der Waals surface area contributed by atoms with Gasteiger partial charge in [-0.15, -0.1) is 0 Å². The average Bonchev–Trinajstić information content (AvgIpc) is 2.74. The summed E-state index contributed by atoms with van der Waals surface area (Å²) < 4.78 is 26.3. The number of benzene rings is 2. The number of carbonyl (C=O) groups is 2. The zero-order valence-electron chi connectivity index (χ0n) is 19.8. The number of hydrogen-bond donors (Lipinski definition) is 1. The molecule has 0 aliphatic heterocycles. The Balaban J connectivity index is 2.47. The molecule has 2 amide bonds. The summed E-state index contributed by atoms with van der Waals surface area (Å²) in [7, 11) is -3.76. The van der Waals surface area contributed by atoms with Crippen molar-refractivity contribution in [1.29, 1.82) is 0 Å². The van der Waals surface area contributed by atoms with Gasteiger partial charge in [0.05, 0.1) is 11.9 Å². The Kier molecular flexibility index (Phi) is 9.31. The minimum absolute atomic E-state index is 0.0820. The second kappa shape index (κ2) is 11.5. The van der Waals surface area contributed by atoms with E-state index in [1.54, 1.807) is 43.3 Å². The van der Waals surface area contributed by atoms with E-state index < -0.39 is 28.5 Å². The first-order chi connectivity index (χ1) is 15.5. The lowest BCUT2D eigenvalue weighted by atomic mass is 10.1. The number of aryl methyl sites for hydroxylation is 2. The summed E-state index contributed by atoms with van der Waals surface area (Å²) in [4.78, 5) is 27.7. The zero-order valence-corrected chi connectivity index (χ0v) is 21.3. The number of carbonyl (C=O) groups excluding carboxylic acids is 2. The van der Waals surface area contributed by atoms with Crippen molar-refractivity contribution >= 4 is 39.1 Å². The Morgan fingerprint density at radius 2 is 1.73 bits per heavy atom. The highest BCUT2D eigenvalue weighted by Gasteiger charge is 2.31. The number of amides is 2. The predicted molar refractivity (Wildman–Crippen MR) is 133 cm³/mol. The number of halogens is 1. The molecule has 33 heavy (non-hydrogen) atoms. The van der Waals surface area contributed by atoms with Crippen molar-refractivity contribution in [3.8, 4) is 0 Å². The van der Waals surface area contributed by atoms with Crippen LogP contribution in [0.1, 0.15) is 37.0 Å². The Bertz CT molecular complexity index is 1100. The molecule has 2 aromatic rings. The van der Waals surface area contributed by atoms with E-state index >= 15 is 0 Å². The second-order valence-electron chi connectivity index (χ2n) is 7.97. The van der Waals surface area contributed by atoms with Gasteiger partial charge in [0.1, 0.15) is 12.6 Å². The molecule has 0 unspecified atom stereocenters. The molecule has 0 saturated carbocycles. The molecule has 0 heterocycles. The van der Waals surface area contributed by atoms with Gasteiger partial charge in [0.2, 0.25) is 21.8 Å². The molecular formula is C24H32ClN3O4S. The van der Waals surface area contributed by atoms with Crippen LogP contribution in [0.15, 0.2) is 42.5 Å². The van der Waals surface area contributed by atoms with Crippen molar-refractivity contribution in [2.75, 3.05) is 23.7 Å². The fraction of sp³-hybridized carbons (Fsp3) is 0.417. The first-order valence-corrected chi connectivity index (χ1v) is 13.1. The number of rotatable bonds is 10. The fourth-order valence-electron chi connectivity index (χ4n) is 3.52. The summed E-state index contributed by atoms with van der Waals surface area (Å²) in [6.45, 7) is 7.49. The maximum Gasteiger partial charge on any atom is 0.244 e. The van der Waals surface area contributed by atoms with Crippen molar-refractivity contribution in [2.24, 2.45) is 0 Å². The fourth-order valence-corrected chi connectivity index (χ4v) is 4.55. The van der Waals surface area contributed by atoms with Gasteiger partial charge in [-0.2, -0.15) is 0 Å². The van der Waals surface area contributed by atoms with Crippen LogP contribution in [-0.4, -0.2) is 50.5 Å². The molecule has 180 valence electrons. The van der Waals surface area contributed by atoms with Crippen LogP contribution in [0.3, 0.4) is 0 Å². The van der Waals surface area contributed by atoms with Crippen LogP contribution in [0.5, 0.6) is 0 Å². The van der Waals surface area contributed by atoms with Gasteiger partial charge in [0, 0.05) is 18.1 Å². The molecule has 0 aromatic heterocycles. The lowest BCUT2D eigenvalue weighted by Crippen LogP contribution is -2.52. The molecule has 1 atom stereocenters. The highest BCUT2D eigenvalue weighted by molar-refractivity contribution is 7.92. The van der Waals surface area contributed by atoms with Crippen LogP contribution in [-0.2, 0) is 26.2 Å². The third-order valence-corrected chi connectivity index (χ3v) is 7.00. The minimum atomic E-state index is -3.76. The summed E-state index contributed by atoms with van der Waals surface area (Å²) in [6.07, 6.45) is 1.43. The molecular weight excluding hydrogens is 462 g/mol. The van der Waals surface area contributed by atoms with E-state index in [9.17, 15) is 18.0 Å². The lowest BCUT2D eigenvalue weighted by Gasteiger charge is -2.33. The van der Waals surface area contributed by atoms with E-state index in [1.165, 1.54) is 4.90 Å². The molecule has 0 aliphatic rings. The summed E-state index contributed by atoms with van der Waals surface area (Å²) in [5, 5.41) is 3.23. The van der Waals surface area contributed by atoms with Gasteiger partial charge in [0.25, 0.3) is 0 Å². The van der Waals surface area contributed by atoms with Gasteiger partial charge >= 0.3 is 0 Å². The molecule has 0 fully saturated rings. The molecule has 0 saturated heterocycles. The highest BCUT2D eigenvalue weighted by atomic mass is 35.5. The van der Waals surface area contributed by atoms with Gasteiger partial charge in [-0.3, -0.25) is 13.9 Å². The standard InChI is InChI=1S/C24H32ClN3O4S/c1-6-22(24(30)26-7-2)27(15-19-10-8-9-11-21(19)25)23(29)16-28(33(5,31)32)20-13-12-17(3)18(4)14-20/h8-14,22H,6-7,15-16H2,1-5H3,(H,26,30)/t22-/m1/s1. The van der Waals surface area contributed by atoms with Gasteiger partial charge in [-0.1, -0.05) is 42.8 Å². The number of anilines is 1. The van der Waals surface area contributed by atoms with Crippen molar-refractivity contribution in [2.45, 2.75) is 46.7 Å². The molecule has 9 heteroatoms. The molecule has 0 bridgehead atoms. The van der Waals surface area contributed by atoms with Crippen LogP contribution in [0.2, 0.25) is 5.02 Å². The maximum absolute atomic E-state index is 13.5. The van der Waals surface area contributed by atoms with Crippen molar-refractivity contribution < 1.29 is 18.0 Å². The molecule has 2 aromatic carbocycles. The van der Waals surface area contributed by atoms with Gasteiger partial charge < -0.3 is 10.2 Å². The molecule has 7 nitrogen and oxygen atoms in total. The monoisotopic (exact) mass is 493 g/mol. The molecule has 0 radical (unpaired) electrons. The van der Waals surface area contributed by atoms with E-state index in [0.29, 0.717) is 29.2 Å².